The molecule has 0 saturated carbocycles. The Morgan fingerprint density at radius 1 is 0.395 bits per heavy atom. The molecule has 43 heavy (non-hydrogen) atoms. The molecule has 0 saturated heterocycles. The van der Waals surface area contributed by atoms with Gasteiger partial charge in [0.1, 0.15) is 11.2 Å². The lowest BCUT2D eigenvalue weighted by atomic mass is 9.85. The summed E-state index contributed by atoms with van der Waals surface area (Å²) in [6.07, 6.45) is 0. The summed E-state index contributed by atoms with van der Waals surface area (Å²) < 4.78 is 127. The Labute approximate surface area is 268 Å². The van der Waals surface area contributed by atoms with Crippen LogP contribution in [-0.4, -0.2) is 0 Å². The molecule has 0 amide bonds. The third-order valence-electron chi connectivity index (χ3n) is 7.83. The van der Waals surface area contributed by atoms with Crippen molar-refractivity contribution >= 4 is 54.3 Å². The molecule has 9 aromatic rings. The van der Waals surface area contributed by atoms with Crippen molar-refractivity contribution in [2.24, 2.45) is 0 Å². The van der Waals surface area contributed by atoms with Gasteiger partial charge in [-0.2, -0.15) is 0 Å². The highest BCUT2D eigenvalue weighted by molar-refractivity contribution is 6.22. The first-order chi connectivity index (χ1) is 27.2. The van der Waals surface area contributed by atoms with Crippen LogP contribution in [0.25, 0.3) is 87.6 Å². The fraction of sp³-hybridized carbons (Fsp3) is 0. The maximum Gasteiger partial charge on any atom is 0.143 e. The van der Waals surface area contributed by atoms with Crippen molar-refractivity contribution in [2.45, 2.75) is 0 Å². The summed E-state index contributed by atoms with van der Waals surface area (Å²) in [6.45, 7) is 0. The van der Waals surface area contributed by atoms with Gasteiger partial charge in [0.25, 0.3) is 0 Å². The van der Waals surface area contributed by atoms with Gasteiger partial charge in [0, 0.05) is 16.2 Å². The molecule has 200 valence electrons. The molecule has 8 aromatic carbocycles. The van der Waals surface area contributed by atoms with Crippen LogP contribution in [0, 0.1) is 0 Å². The van der Waals surface area contributed by atoms with E-state index in [1.165, 1.54) is 0 Å². The SMILES string of the molecule is [2H]c1c([2H])c([2H])c(-c2ccc(-c3c4ccccc4c(-c4c([2H])c([2H])c5c(oc6c7c([2H])c([2H])c([2H])c([2H])c7c([2H])c([2H])c65)c4[2H])c4ccccc34)cc2)c([2H])c1[2H]. The van der Waals surface area contributed by atoms with E-state index in [-0.39, 0.29) is 74.0 Å². The molecule has 0 N–H and O–H groups in total. The van der Waals surface area contributed by atoms with Crippen molar-refractivity contribution in [2.75, 3.05) is 0 Å². The van der Waals surface area contributed by atoms with Crippen molar-refractivity contribution in [3.63, 3.8) is 0 Å². The average Bonchev–Trinajstić information content (AvgIpc) is 3.62. The second-order valence-corrected chi connectivity index (χ2v) is 10.2. The van der Waals surface area contributed by atoms with Gasteiger partial charge in [-0.25, -0.2) is 0 Å². The second kappa shape index (κ2) is 9.44. The third kappa shape index (κ3) is 3.72. The van der Waals surface area contributed by atoms with E-state index >= 15 is 0 Å². The number of benzene rings is 8. The van der Waals surface area contributed by atoms with Crippen LogP contribution < -0.4 is 0 Å². The smallest absolute Gasteiger partial charge is 0.143 e. The minimum atomic E-state index is -0.568. The zero-order valence-electron chi connectivity index (χ0n) is 36.3. The van der Waals surface area contributed by atoms with E-state index in [9.17, 15) is 4.11 Å². The summed E-state index contributed by atoms with van der Waals surface area (Å²) in [5, 5.41) is 2.27. The molecule has 0 atom stereocenters. The molecule has 0 aliphatic heterocycles. The number of fused-ring (bicyclic) bond motifs is 7. The van der Waals surface area contributed by atoms with Crippen LogP contribution in [0.5, 0.6) is 0 Å². The highest BCUT2D eigenvalue weighted by Gasteiger charge is 2.18. The topological polar surface area (TPSA) is 13.1 Å². The van der Waals surface area contributed by atoms with Crippen molar-refractivity contribution < 1.29 is 23.6 Å². The van der Waals surface area contributed by atoms with Crippen LogP contribution in [0.15, 0.2) is 162 Å². The van der Waals surface area contributed by atoms with Gasteiger partial charge < -0.3 is 4.42 Å². The van der Waals surface area contributed by atoms with E-state index in [2.05, 4.69) is 0 Å². The minimum absolute atomic E-state index is 0.0685. The van der Waals surface area contributed by atoms with Crippen molar-refractivity contribution in [3.05, 3.63) is 157 Å². The molecule has 0 unspecified atom stereocenters. The maximum atomic E-state index is 9.58. The maximum absolute atomic E-state index is 9.58. The van der Waals surface area contributed by atoms with Crippen LogP contribution in [-0.2, 0) is 0 Å². The Kier molecular flexibility index (Phi) is 3.07. The summed E-state index contributed by atoms with van der Waals surface area (Å²) in [6, 6.07) is 15.9. The summed E-state index contributed by atoms with van der Waals surface area (Å²) in [5.41, 5.74) is 2.31. The lowest BCUT2D eigenvalue weighted by Crippen LogP contribution is -1.91. The summed E-state index contributed by atoms with van der Waals surface area (Å²) >= 11 is 0. The van der Waals surface area contributed by atoms with E-state index < -0.39 is 54.4 Å². The molecule has 1 heterocycles. The molecule has 0 bridgehead atoms. The first-order valence-electron chi connectivity index (χ1n) is 20.6. The number of hydrogen-bond acceptors (Lipinski definition) is 1. The third-order valence-corrected chi connectivity index (χ3v) is 7.83. The summed E-state index contributed by atoms with van der Waals surface area (Å²) in [5.74, 6) is 0. The molecule has 0 radical (unpaired) electrons. The summed E-state index contributed by atoms with van der Waals surface area (Å²) in [7, 11) is 0. The van der Waals surface area contributed by atoms with Crippen LogP contribution >= 0.6 is 0 Å². The quantitative estimate of drug-likeness (QED) is 0.196. The fourth-order valence-electron chi connectivity index (χ4n) is 5.94. The predicted octanol–water partition coefficient (Wildman–Crippen LogP) is 12.0. The zero-order chi connectivity index (χ0) is 40.5. The van der Waals surface area contributed by atoms with E-state index in [0.717, 1.165) is 21.9 Å². The van der Waals surface area contributed by atoms with Gasteiger partial charge in [0.2, 0.25) is 0 Å². The zero-order valence-corrected chi connectivity index (χ0v) is 22.3. The van der Waals surface area contributed by atoms with Crippen LogP contribution in [0.1, 0.15) is 19.2 Å². The lowest BCUT2D eigenvalue weighted by molar-refractivity contribution is 0.673. The first-order valence-corrected chi connectivity index (χ1v) is 13.6. The Morgan fingerprint density at radius 3 is 1.67 bits per heavy atom. The molecule has 1 nitrogen and oxygen atoms in total. The average molecular weight is 561 g/mol. The van der Waals surface area contributed by atoms with Crippen molar-refractivity contribution in [3.8, 4) is 33.4 Å². The predicted molar refractivity (Wildman–Crippen MR) is 183 cm³/mol. The Morgan fingerprint density at radius 2 is 0.977 bits per heavy atom. The molecular weight excluding hydrogens is 520 g/mol. The van der Waals surface area contributed by atoms with E-state index in [4.69, 9.17) is 19.5 Å². The standard InChI is InChI=1S/C42H26O/c1-2-10-27(11-3-1)28-18-20-30(21-19-28)40-34-14-6-8-16-36(34)41(37-17-9-7-15-35(37)40)31-23-24-33-38-25-22-29-12-4-5-13-32(29)42(38)43-39(33)26-31/h1-26H/i1D,2D,3D,4D,5D,10D,11D,12D,13D,22D,23D,24D,25D,26D. The van der Waals surface area contributed by atoms with Gasteiger partial charge in [-0.05, 0) is 78.4 Å². The van der Waals surface area contributed by atoms with Gasteiger partial charge in [-0.15, -0.1) is 0 Å². The minimum Gasteiger partial charge on any atom is -0.455 e. The number of hydrogen-bond donors (Lipinski definition) is 0. The van der Waals surface area contributed by atoms with Crippen LogP contribution in [0.3, 0.4) is 0 Å². The van der Waals surface area contributed by atoms with E-state index in [0.29, 0.717) is 21.9 Å². The van der Waals surface area contributed by atoms with E-state index in [1.54, 1.807) is 12.1 Å². The van der Waals surface area contributed by atoms with Gasteiger partial charge in [0.05, 0.1) is 19.2 Å². The number of rotatable bonds is 3. The van der Waals surface area contributed by atoms with Gasteiger partial charge in [-0.3, -0.25) is 0 Å². The van der Waals surface area contributed by atoms with Gasteiger partial charge in [0.15, 0.2) is 0 Å². The first kappa shape index (κ1) is 14.0. The Hall–Kier alpha value is -5.66. The largest absolute Gasteiger partial charge is 0.455 e. The second-order valence-electron chi connectivity index (χ2n) is 10.2. The van der Waals surface area contributed by atoms with Crippen molar-refractivity contribution in [1.82, 2.24) is 0 Å². The Balaban J connectivity index is 1.34. The van der Waals surface area contributed by atoms with Gasteiger partial charge in [-0.1, -0.05) is 139 Å². The highest BCUT2D eigenvalue weighted by atomic mass is 16.3. The van der Waals surface area contributed by atoms with Gasteiger partial charge >= 0.3 is 0 Å². The van der Waals surface area contributed by atoms with Crippen LogP contribution in [0.2, 0.25) is 0 Å². The highest BCUT2D eigenvalue weighted by Crippen LogP contribution is 2.45. The fourth-order valence-corrected chi connectivity index (χ4v) is 5.94. The molecule has 1 heteroatoms. The molecule has 0 spiro atoms. The monoisotopic (exact) mass is 560 g/mol. The molecule has 0 aliphatic rings. The number of furan rings is 1. The normalized spacial score (nSPS) is 16.3. The molecule has 0 fully saturated rings. The van der Waals surface area contributed by atoms with Crippen molar-refractivity contribution in [1.29, 1.82) is 0 Å². The molecular formula is C42H26O. The lowest BCUT2D eigenvalue weighted by Gasteiger charge is -2.18. The molecule has 9 rings (SSSR count). The molecule has 0 aliphatic carbocycles. The summed E-state index contributed by atoms with van der Waals surface area (Å²) in [4.78, 5) is 0. The van der Waals surface area contributed by atoms with Crippen LogP contribution in [0.4, 0.5) is 0 Å². The van der Waals surface area contributed by atoms with E-state index in [1.807, 2.05) is 60.7 Å². The molecule has 1 aromatic heterocycles. The Bertz CT molecular complexity index is 3190.